The number of hydrogen-bond donors (Lipinski definition) is 3. The summed E-state index contributed by atoms with van der Waals surface area (Å²) in [6.45, 7) is 1.31. The smallest absolute Gasteiger partial charge is 0.338 e. The highest BCUT2D eigenvalue weighted by Gasteiger charge is 2.17. The van der Waals surface area contributed by atoms with Crippen molar-refractivity contribution in [2.45, 2.75) is 6.92 Å². The quantitative estimate of drug-likeness (QED) is 0.593. The van der Waals surface area contributed by atoms with Crippen LogP contribution in [0.3, 0.4) is 0 Å². The molecule has 0 spiro atoms. The van der Waals surface area contributed by atoms with Crippen molar-refractivity contribution in [3.8, 4) is 0 Å². The van der Waals surface area contributed by atoms with Crippen molar-refractivity contribution in [1.82, 2.24) is 0 Å². The molecule has 0 aliphatic carbocycles. The van der Waals surface area contributed by atoms with E-state index in [1.165, 1.54) is 6.92 Å². The normalized spacial score (nSPS) is 9.18. The molecule has 0 aliphatic heterocycles. The fourth-order valence-corrected chi connectivity index (χ4v) is 3.26. The number of aromatic carboxylic acids is 1. The summed E-state index contributed by atoms with van der Waals surface area (Å²) in [6.07, 6.45) is 0. The SMILES string of the molecule is CC(N)=O.Nc1c(Br)cc(Br)c(C(=O)O)c1Br. The summed E-state index contributed by atoms with van der Waals surface area (Å²) >= 11 is 9.46. The van der Waals surface area contributed by atoms with Crippen LogP contribution in [-0.2, 0) is 4.79 Å². The van der Waals surface area contributed by atoms with Crippen LogP contribution >= 0.6 is 47.8 Å². The lowest BCUT2D eigenvalue weighted by atomic mass is 10.2. The van der Waals surface area contributed by atoms with Gasteiger partial charge < -0.3 is 16.6 Å². The third kappa shape index (κ3) is 5.05. The van der Waals surface area contributed by atoms with E-state index < -0.39 is 5.97 Å². The number of nitrogen functional groups attached to an aromatic ring is 1. The highest BCUT2D eigenvalue weighted by atomic mass is 79.9. The largest absolute Gasteiger partial charge is 0.478 e. The molecule has 0 atom stereocenters. The van der Waals surface area contributed by atoms with Gasteiger partial charge in [0.2, 0.25) is 5.91 Å². The number of hydrogen-bond acceptors (Lipinski definition) is 3. The van der Waals surface area contributed by atoms with E-state index in [9.17, 15) is 9.59 Å². The number of carboxylic acids is 1. The Kier molecular flexibility index (Phi) is 6.73. The number of rotatable bonds is 1. The zero-order chi connectivity index (χ0) is 13.7. The predicted octanol–water partition coefficient (Wildman–Crippen LogP) is 2.75. The second kappa shape index (κ2) is 6.97. The third-order valence-electron chi connectivity index (χ3n) is 1.42. The van der Waals surface area contributed by atoms with Gasteiger partial charge in [0, 0.05) is 15.9 Å². The molecule has 0 radical (unpaired) electrons. The van der Waals surface area contributed by atoms with E-state index in [2.05, 4.69) is 53.5 Å². The molecule has 1 aromatic carbocycles. The summed E-state index contributed by atoms with van der Waals surface area (Å²) in [6, 6.07) is 1.60. The van der Waals surface area contributed by atoms with Crippen molar-refractivity contribution < 1.29 is 14.7 Å². The molecule has 5 N–H and O–H groups in total. The zero-order valence-electron chi connectivity index (χ0n) is 8.63. The summed E-state index contributed by atoms with van der Waals surface area (Å²) in [5.41, 5.74) is 10.6. The number of carbonyl (C=O) groups excluding carboxylic acids is 1. The molecule has 1 amide bonds. The van der Waals surface area contributed by atoms with Gasteiger partial charge in [-0.05, 0) is 53.9 Å². The molecule has 17 heavy (non-hydrogen) atoms. The second-order valence-electron chi connectivity index (χ2n) is 2.86. The van der Waals surface area contributed by atoms with Crippen molar-refractivity contribution in [2.24, 2.45) is 5.73 Å². The molecule has 94 valence electrons. The van der Waals surface area contributed by atoms with E-state index in [0.717, 1.165) is 0 Å². The number of carbonyl (C=O) groups is 2. The van der Waals surface area contributed by atoms with Crippen LogP contribution in [0, 0.1) is 0 Å². The maximum Gasteiger partial charge on any atom is 0.338 e. The van der Waals surface area contributed by atoms with Crippen LogP contribution in [0.1, 0.15) is 17.3 Å². The van der Waals surface area contributed by atoms with Crippen LogP contribution in [0.2, 0.25) is 0 Å². The van der Waals surface area contributed by atoms with Crippen LogP contribution in [0.25, 0.3) is 0 Å². The maximum atomic E-state index is 10.8. The summed E-state index contributed by atoms with van der Waals surface area (Å²) < 4.78 is 1.51. The number of anilines is 1. The predicted molar refractivity (Wildman–Crippen MR) is 75.8 cm³/mol. The Morgan fingerprint density at radius 1 is 1.24 bits per heavy atom. The van der Waals surface area contributed by atoms with Crippen molar-refractivity contribution in [3.05, 3.63) is 25.0 Å². The Bertz CT molecular complexity index is 459. The minimum atomic E-state index is -1.03. The average Bonchev–Trinajstić information content (AvgIpc) is 2.12. The maximum absolute atomic E-state index is 10.8. The average molecular weight is 433 g/mol. The minimum absolute atomic E-state index is 0.126. The van der Waals surface area contributed by atoms with E-state index in [-0.39, 0.29) is 11.5 Å². The highest BCUT2D eigenvalue weighted by Crippen LogP contribution is 2.36. The number of carboxylic acid groups (broad SMARTS) is 1. The Morgan fingerprint density at radius 3 is 2.00 bits per heavy atom. The fourth-order valence-electron chi connectivity index (χ4n) is 0.802. The van der Waals surface area contributed by atoms with Gasteiger partial charge in [0.1, 0.15) is 0 Å². The molecular formula is C9H9Br3N2O3. The number of halogens is 3. The van der Waals surface area contributed by atoms with Crippen molar-refractivity contribution in [3.63, 3.8) is 0 Å². The molecule has 1 rings (SSSR count). The first-order valence-corrected chi connectivity index (χ1v) is 6.48. The number of primary amides is 1. The molecule has 0 fully saturated rings. The molecule has 0 heterocycles. The Morgan fingerprint density at radius 2 is 1.65 bits per heavy atom. The monoisotopic (exact) mass is 430 g/mol. The zero-order valence-corrected chi connectivity index (χ0v) is 13.4. The standard InChI is InChI=1S/C7H4Br3NO2.C2H5NO/c8-2-1-3(9)6(11)5(10)4(2)7(12)13;1-2(3)4/h1H,11H2,(H,12,13);1H3,(H2,3,4). The van der Waals surface area contributed by atoms with Crippen LogP contribution in [0.5, 0.6) is 0 Å². The molecule has 0 saturated carbocycles. The molecule has 8 heteroatoms. The lowest BCUT2D eigenvalue weighted by Crippen LogP contribution is -2.02. The van der Waals surface area contributed by atoms with Gasteiger partial charge in [-0.3, -0.25) is 4.79 Å². The van der Waals surface area contributed by atoms with E-state index in [4.69, 9.17) is 10.8 Å². The molecule has 5 nitrogen and oxygen atoms in total. The minimum Gasteiger partial charge on any atom is -0.478 e. The Labute approximate surface area is 123 Å². The van der Waals surface area contributed by atoms with Gasteiger partial charge in [-0.2, -0.15) is 0 Å². The van der Waals surface area contributed by atoms with Gasteiger partial charge in [0.25, 0.3) is 0 Å². The van der Waals surface area contributed by atoms with E-state index >= 15 is 0 Å². The lowest BCUT2D eigenvalue weighted by Gasteiger charge is -2.07. The number of nitrogens with two attached hydrogens (primary N) is 2. The number of benzene rings is 1. The Balaban J connectivity index is 0.000000557. The van der Waals surface area contributed by atoms with Crippen LogP contribution < -0.4 is 11.5 Å². The first-order valence-electron chi connectivity index (χ1n) is 4.10. The van der Waals surface area contributed by atoms with Gasteiger partial charge in [-0.15, -0.1) is 0 Å². The summed E-state index contributed by atoms with van der Waals surface area (Å²) in [5, 5.41) is 8.83. The van der Waals surface area contributed by atoms with Gasteiger partial charge in [-0.25, -0.2) is 4.79 Å². The molecular weight excluding hydrogens is 424 g/mol. The highest BCUT2D eigenvalue weighted by molar-refractivity contribution is 9.11. The van der Waals surface area contributed by atoms with Crippen molar-refractivity contribution in [1.29, 1.82) is 0 Å². The van der Waals surface area contributed by atoms with E-state index in [0.29, 0.717) is 19.1 Å². The fraction of sp³-hybridized carbons (Fsp3) is 0.111. The molecule has 0 unspecified atom stereocenters. The first kappa shape index (κ1) is 16.4. The third-order valence-corrected chi connectivity index (χ3v) is 3.52. The Hall–Kier alpha value is -0.600. The number of amides is 1. The van der Waals surface area contributed by atoms with Crippen LogP contribution in [-0.4, -0.2) is 17.0 Å². The summed E-state index contributed by atoms with van der Waals surface area (Å²) in [5.74, 6) is -1.36. The lowest BCUT2D eigenvalue weighted by molar-refractivity contribution is -0.115. The van der Waals surface area contributed by atoms with Gasteiger partial charge in [-0.1, -0.05) is 0 Å². The van der Waals surface area contributed by atoms with Gasteiger partial charge in [0.05, 0.1) is 15.7 Å². The van der Waals surface area contributed by atoms with Gasteiger partial charge in [0.15, 0.2) is 0 Å². The van der Waals surface area contributed by atoms with E-state index in [1.54, 1.807) is 6.07 Å². The van der Waals surface area contributed by atoms with Crippen LogP contribution in [0.15, 0.2) is 19.5 Å². The molecule has 0 aromatic heterocycles. The van der Waals surface area contributed by atoms with Crippen molar-refractivity contribution in [2.75, 3.05) is 5.73 Å². The second-order valence-corrected chi connectivity index (χ2v) is 5.36. The summed E-state index contributed by atoms with van der Waals surface area (Å²) in [4.78, 5) is 20.0. The molecule has 0 bridgehead atoms. The molecule has 1 aromatic rings. The van der Waals surface area contributed by atoms with Crippen LogP contribution in [0.4, 0.5) is 5.69 Å². The first-order chi connectivity index (χ1) is 7.68. The van der Waals surface area contributed by atoms with Gasteiger partial charge >= 0.3 is 5.97 Å². The topological polar surface area (TPSA) is 106 Å². The molecule has 0 saturated heterocycles. The van der Waals surface area contributed by atoms with E-state index in [1.807, 2.05) is 0 Å². The van der Waals surface area contributed by atoms with Crippen molar-refractivity contribution >= 4 is 65.4 Å². The molecule has 0 aliphatic rings. The summed E-state index contributed by atoms with van der Waals surface area (Å²) in [7, 11) is 0.